The lowest BCUT2D eigenvalue weighted by atomic mass is 10.1. The monoisotopic (exact) mass is 338 g/mol. The Morgan fingerprint density at radius 1 is 1.29 bits per heavy atom. The van der Waals surface area contributed by atoms with Gasteiger partial charge in [-0.3, -0.25) is 9.89 Å². The predicted octanol–water partition coefficient (Wildman–Crippen LogP) is 4.06. The molecular formula is C16H17F3N4O. The summed E-state index contributed by atoms with van der Waals surface area (Å²) in [5, 5.41) is 5.70. The Hall–Kier alpha value is -2.51. The average Bonchev–Trinajstić information content (AvgIpc) is 3.32. The number of alkyl halides is 3. The number of benzene rings is 1. The first-order chi connectivity index (χ1) is 11.3. The number of anilines is 2. The molecule has 0 unspecified atom stereocenters. The molecule has 0 atom stereocenters. The molecule has 24 heavy (non-hydrogen) atoms. The van der Waals surface area contributed by atoms with Gasteiger partial charge in [0.2, 0.25) is 0 Å². The minimum Gasteiger partial charge on any atom is -0.381 e. The molecule has 8 heteroatoms. The van der Waals surface area contributed by atoms with Gasteiger partial charge < -0.3 is 10.6 Å². The topological polar surface area (TPSA) is 56.7 Å². The van der Waals surface area contributed by atoms with Crippen molar-refractivity contribution in [1.82, 2.24) is 4.90 Å². The molecule has 1 aromatic rings. The van der Waals surface area contributed by atoms with Crippen LogP contribution in [0.2, 0.25) is 0 Å². The van der Waals surface area contributed by atoms with E-state index in [2.05, 4.69) is 15.6 Å². The van der Waals surface area contributed by atoms with Crippen LogP contribution in [0.1, 0.15) is 25.3 Å². The maximum Gasteiger partial charge on any atom is 0.416 e. The number of allylic oxidation sites excluding steroid dienone is 1. The van der Waals surface area contributed by atoms with E-state index in [1.807, 2.05) is 0 Å². The molecule has 1 saturated carbocycles. The van der Waals surface area contributed by atoms with E-state index in [0.29, 0.717) is 17.9 Å². The number of nitrogens with one attached hydrogen (secondary N) is 2. The number of urea groups is 1. The molecule has 3 rings (SSSR count). The van der Waals surface area contributed by atoms with Crippen molar-refractivity contribution >= 4 is 23.6 Å². The zero-order valence-electron chi connectivity index (χ0n) is 13.0. The Labute approximate surface area is 137 Å². The van der Waals surface area contributed by atoms with Gasteiger partial charge in [0, 0.05) is 18.5 Å². The summed E-state index contributed by atoms with van der Waals surface area (Å²) in [6.45, 7) is 2.07. The lowest BCUT2D eigenvalue weighted by Gasteiger charge is -2.22. The minimum absolute atomic E-state index is 0.161. The second kappa shape index (κ2) is 6.18. The highest BCUT2D eigenvalue weighted by Gasteiger charge is 2.32. The number of hydrogen-bond donors (Lipinski definition) is 2. The molecule has 0 radical (unpaired) electrons. The second-order valence-electron chi connectivity index (χ2n) is 5.84. The van der Waals surface area contributed by atoms with Gasteiger partial charge in [-0.05, 0) is 38.0 Å². The Morgan fingerprint density at radius 3 is 2.67 bits per heavy atom. The fraction of sp³-hybridized carbons (Fsp3) is 0.375. The highest BCUT2D eigenvalue weighted by Crippen LogP contribution is 2.36. The normalized spacial score (nSPS) is 17.5. The zero-order chi connectivity index (χ0) is 17.3. The van der Waals surface area contributed by atoms with Gasteiger partial charge in [-0.25, -0.2) is 4.79 Å². The quantitative estimate of drug-likeness (QED) is 0.873. The van der Waals surface area contributed by atoms with E-state index in [4.69, 9.17) is 0 Å². The number of rotatable bonds is 3. The standard InChI is InChI=1S/C16H17F3N4O/c1-10-9-23(7-6-20-10)15(24)22-13-5-2-11(16(17,18)19)8-14(13)21-12-3-4-12/h2,5-6,8-9,12,21H,3-4,7H2,1H3,(H,22,24). The first-order valence-corrected chi connectivity index (χ1v) is 7.59. The summed E-state index contributed by atoms with van der Waals surface area (Å²) in [6, 6.07) is 3.02. The van der Waals surface area contributed by atoms with Crippen molar-refractivity contribution in [3.8, 4) is 0 Å². The molecular weight excluding hydrogens is 321 g/mol. The third kappa shape index (κ3) is 3.87. The molecule has 5 nitrogen and oxygen atoms in total. The number of hydrogen-bond acceptors (Lipinski definition) is 3. The fourth-order valence-corrected chi connectivity index (χ4v) is 2.31. The van der Waals surface area contributed by atoms with Gasteiger partial charge in [0.25, 0.3) is 0 Å². The molecule has 0 spiro atoms. The predicted molar refractivity (Wildman–Crippen MR) is 86.1 cm³/mol. The first-order valence-electron chi connectivity index (χ1n) is 7.59. The van der Waals surface area contributed by atoms with E-state index in [0.717, 1.165) is 25.0 Å². The summed E-state index contributed by atoms with van der Waals surface area (Å²) >= 11 is 0. The first kappa shape index (κ1) is 16.4. The Balaban J connectivity index is 1.81. The third-order valence-electron chi connectivity index (χ3n) is 3.70. The van der Waals surface area contributed by atoms with Crippen LogP contribution >= 0.6 is 0 Å². The highest BCUT2D eigenvalue weighted by atomic mass is 19.4. The van der Waals surface area contributed by atoms with Gasteiger partial charge in [0.05, 0.1) is 29.2 Å². The molecule has 1 aliphatic heterocycles. The van der Waals surface area contributed by atoms with Crippen molar-refractivity contribution in [2.75, 3.05) is 17.2 Å². The number of nitrogens with zero attached hydrogens (tertiary/aromatic N) is 2. The van der Waals surface area contributed by atoms with Gasteiger partial charge in [-0.1, -0.05) is 0 Å². The van der Waals surface area contributed by atoms with Crippen LogP contribution in [0.5, 0.6) is 0 Å². The van der Waals surface area contributed by atoms with E-state index >= 15 is 0 Å². The lowest BCUT2D eigenvalue weighted by molar-refractivity contribution is -0.137. The summed E-state index contributed by atoms with van der Waals surface area (Å²) in [5.41, 5.74) is 0.546. The molecule has 128 valence electrons. The maximum atomic E-state index is 12.9. The summed E-state index contributed by atoms with van der Waals surface area (Å²) < 4.78 is 38.7. The molecule has 2 aliphatic rings. The molecule has 1 aliphatic carbocycles. The summed E-state index contributed by atoms with van der Waals surface area (Å²) in [5.74, 6) is 0. The van der Waals surface area contributed by atoms with Gasteiger partial charge in [0.15, 0.2) is 0 Å². The van der Waals surface area contributed by atoms with Crippen LogP contribution in [0.15, 0.2) is 35.1 Å². The Bertz CT molecular complexity index is 708. The third-order valence-corrected chi connectivity index (χ3v) is 3.70. The van der Waals surface area contributed by atoms with Crippen LogP contribution in [-0.2, 0) is 6.18 Å². The maximum absolute atomic E-state index is 12.9. The van der Waals surface area contributed by atoms with E-state index in [9.17, 15) is 18.0 Å². The van der Waals surface area contributed by atoms with Crippen molar-refractivity contribution in [1.29, 1.82) is 0 Å². The van der Waals surface area contributed by atoms with Crippen LogP contribution in [0.3, 0.4) is 0 Å². The second-order valence-corrected chi connectivity index (χ2v) is 5.84. The van der Waals surface area contributed by atoms with Gasteiger partial charge in [-0.2, -0.15) is 13.2 Å². The number of carbonyl (C=O) groups is 1. The molecule has 2 N–H and O–H groups in total. The van der Waals surface area contributed by atoms with E-state index < -0.39 is 17.8 Å². The van der Waals surface area contributed by atoms with Crippen molar-refractivity contribution in [3.05, 3.63) is 35.7 Å². The average molecular weight is 338 g/mol. The summed E-state index contributed by atoms with van der Waals surface area (Å²) in [6.07, 6.45) is 0.590. The molecule has 1 fully saturated rings. The largest absolute Gasteiger partial charge is 0.416 e. The number of aliphatic imine (C=N–C) groups is 1. The van der Waals surface area contributed by atoms with Crippen molar-refractivity contribution < 1.29 is 18.0 Å². The van der Waals surface area contributed by atoms with Crippen molar-refractivity contribution in [2.24, 2.45) is 4.99 Å². The van der Waals surface area contributed by atoms with Crippen molar-refractivity contribution in [2.45, 2.75) is 32.0 Å². The van der Waals surface area contributed by atoms with Crippen molar-refractivity contribution in [3.63, 3.8) is 0 Å². The highest BCUT2D eigenvalue weighted by molar-refractivity contribution is 5.95. The molecule has 0 bridgehead atoms. The molecule has 2 amide bonds. The number of amides is 2. The lowest BCUT2D eigenvalue weighted by Crippen LogP contribution is -2.33. The van der Waals surface area contributed by atoms with Crippen LogP contribution in [0, 0.1) is 0 Å². The molecule has 0 aromatic heterocycles. The Kier molecular flexibility index (Phi) is 4.21. The fourth-order valence-electron chi connectivity index (χ4n) is 2.31. The number of carbonyl (C=O) groups excluding carboxylic acids is 1. The van der Waals surface area contributed by atoms with Gasteiger partial charge in [0.1, 0.15) is 0 Å². The van der Waals surface area contributed by atoms with Gasteiger partial charge >= 0.3 is 12.2 Å². The van der Waals surface area contributed by atoms with E-state index in [1.165, 1.54) is 11.0 Å². The smallest absolute Gasteiger partial charge is 0.381 e. The zero-order valence-corrected chi connectivity index (χ0v) is 13.0. The van der Waals surface area contributed by atoms with Crippen LogP contribution in [0.25, 0.3) is 0 Å². The van der Waals surface area contributed by atoms with Crippen LogP contribution in [0.4, 0.5) is 29.3 Å². The molecule has 1 aromatic carbocycles. The number of halogens is 3. The molecule has 0 saturated heterocycles. The van der Waals surface area contributed by atoms with Crippen LogP contribution in [-0.4, -0.2) is 29.7 Å². The summed E-state index contributed by atoms with van der Waals surface area (Å²) in [7, 11) is 0. The minimum atomic E-state index is -4.42. The Morgan fingerprint density at radius 2 is 2.04 bits per heavy atom. The van der Waals surface area contributed by atoms with Crippen LogP contribution < -0.4 is 10.6 Å². The molecule has 1 heterocycles. The van der Waals surface area contributed by atoms with E-state index in [-0.39, 0.29) is 11.7 Å². The van der Waals surface area contributed by atoms with E-state index in [1.54, 1.807) is 19.3 Å². The van der Waals surface area contributed by atoms with Gasteiger partial charge in [-0.15, -0.1) is 0 Å². The SMILES string of the molecule is CC1=CN(C(=O)Nc2ccc(C(F)(F)F)cc2NC2CC2)CC=N1. The summed E-state index contributed by atoms with van der Waals surface area (Å²) in [4.78, 5) is 17.8.